The van der Waals surface area contributed by atoms with Crippen molar-refractivity contribution in [2.24, 2.45) is 5.73 Å². The van der Waals surface area contributed by atoms with E-state index in [4.69, 9.17) is 5.73 Å². The van der Waals surface area contributed by atoms with Gasteiger partial charge in [-0.3, -0.25) is 0 Å². The van der Waals surface area contributed by atoms with Crippen LogP contribution in [-0.4, -0.2) is 31.9 Å². The first-order valence-electron chi connectivity index (χ1n) is 6.82. The molecule has 2 aromatic carbocycles. The van der Waals surface area contributed by atoms with E-state index in [2.05, 4.69) is 0 Å². The van der Waals surface area contributed by atoms with Crippen molar-refractivity contribution in [2.45, 2.75) is 23.8 Å². The molecule has 1 fully saturated rings. The zero-order valence-corrected chi connectivity index (χ0v) is 12.0. The fourth-order valence-corrected chi connectivity index (χ4v) is 4.10. The van der Waals surface area contributed by atoms with Gasteiger partial charge in [0.1, 0.15) is 0 Å². The van der Waals surface area contributed by atoms with Crippen molar-refractivity contribution in [2.75, 3.05) is 13.1 Å². The van der Waals surface area contributed by atoms with Crippen molar-refractivity contribution >= 4 is 20.8 Å². The Morgan fingerprint density at radius 3 is 2.35 bits per heavy atom. The van der Waals surface area contributed by atoms with Gasteiger partial charge in [-0.25, -0.2) is 8.42 Å². The average molecular weight is 290 g/mol. The van der Waals surface area contributed by atoms with Gasteiger partial charge < -0.3 is 5.73 Å². The molecule has 3 rings (SSSR count). The van der Waals surface area contributed by atoms with Gasteiger partial charge in [0.05, 0.1) is 4.90 Å². The van der Waals surface area contributed by atoms with Crippen molar-refractivity contribution in [3.05, 3.63) is 42.5 Å². The highest BCUT2D eigenvalue weighted by Crippen LogP contribution is 2.24. The van der Waals surface area contributed by atoms with Gasteiger partial charge in [0.25, 0.3) is 0 Å². The Morgan fingerprint density at radius 1 is 1.00 bits per heavy atom. The highest BCUT2D eigenvalue weighted by Gasteiger charge is 2.28. The van der Waals surface area contributed by atoms with E-state index in [1.165, 1.54) is 0 Å². The Bertz CT molecular complexity index is 719. The third-order valence-electron chi connectivity index (χ3n) is 3.86. The largest absolute Gasteiger partial charge is 0.328 e. The summed E-state index contributed by atoms with van der Waals surface area (Å²) >= 11 is 0. The number of nitrogens with two attached hydrogens (primary N) is 1. The first kappa shape index (κ1) is 13.5. The molecule has 0 aliphatic carbocycles. The van der Waals surface area contributed by atoms with Gasteiger partial charge >= 0.3 is 0 Å². The molecule has 106 valence electrons. The Hall–Kier alpha value is -1.43. The molecule has 5 heteroatoms. The molecule has 0 spiro atoms. The highest BCUT2D eigenvalue weighted by molar-refractivity contribution is 7.89. The number of benzene rings is 2. The van der Waals surface area contributed by atoms with Crippen LogP contribution in [0, 0.1) is 0 Å². The second-order valence-corrected chi connectivity index (χ2v) is 7.19. The van der Waals surface area contributed by atoms with Crippen molar-refractivity contribution < 1.29 is 8.42 Å². The van der Waals surface area contributed by atoms with Crippen LogP contribution in [0.2, 0.25) is 0 Å². The summed E-state index contributed by atoms with van der Waals surface area (Å²) in [5, 5.41) is 1.99. The summed E-state index contributed by atoms with van der Waals surface area (Å²) in [5.74, 6) is 0. The monoisotopic (exact) mass is 290 g/mol. The predicted octanol–water partition coefficient (Wildman–Crippen LogP) is 1.95. The molecule has 0 aromatic heterocycles. The molecular formula is C15H18N2O2S. The number of piperidine rings is 1. The van der Waals surface area contributed by atoms with Gasteiger partial charge in [-0.1, -0.05) is 30.3 Å². The van der Waals surface area contributed by atoms with Crippen LogP contribution in [0.5, 0.6) is 0 Å². The summed E-state index contributed by atoms with van der Waals surface area (Å²) in [6.45, 7) is 1.02. The first-order valence-corrected chi connectivity index (χ1v) is 8.26. The number of rotatable bonds is 2. The standard InChI is InChI=1S/C15H18N2O2S/c16-14-7-9-17(10-8-14)20(18,19)15-6-5-12-3-1-2-4-13(12)11-15/h1-6,11,14H,7-10,16H2. The summed E-state index contributed by atoms with van der Waals surface area (Å²) in [6.07, 6.45) is 1.46. The van der Waals surface area contributed by atoms with Gasteiger partial charge in [-0.2, -0.15) is 4.31 Å². The normalized spacial score (nSPS) is 18.4. The molecule has 1 saturated heterocycles. The third-order valence-corrected chi connectivity index (χ3v) is 5.75. The summed E-state index contributed by atoms with van der Waals surface area (Å²) in [6, 6.07) is 13.2. The molecular weight excluding hydrogens is 272 g/mol. The summed E-state index contributed by atoms with van der Waals surface area (Å²) in [4.78, 5) is 0.367. The fourth-order valence-electron chi connectivity index (χ4n) is 2.59. The number of sulfonamides is 1. The molecule has 2 N–H and O–H groups in total. The van der Waals surface area contributed by atoms with Crippen LogP contribution in [0.4, 0.5) is 0 Å². The van der Waals surface area contributed by atoms with Crippen LogP contribution in [0.1, 0.15) is 12.8 Å². The number of fused-ring (bicyclic) bond motifs is 1. The Labute approximate surface area is 119 Å². The average Bonchev–Trinajstić information content (AvgIpc) is 2.47. The highest BCUT2D eigenvalue weighted by atomic mass is 32.2. The van der Waals surface area contributed by atoms with Gasteiger partial charge in [0, 0.05) is 19.1 Å². The lowest BCUT2D eigenvalue weighted by molar-refractivity contribution is 0.320. The van der Waals surface area contributed by atoms with Crippen molar-refractivity contribution in [1.29, 1.82) is 0 Å². The molecule has 0 amide bonds. The Kier molecular flexibility index (Phi) is 3.50. The van der Waals surface area contributed by atoms with Crippen LogP contribution in [0.25, 0.3) is 10.8 Å². The molecule has 0 unspecified atom stereocenters. The van der Waals surface area contributed by atoms with Crippen LogP contribution in [0.3, 0.4) is 0 Å². The maximum atomic E-state index is 12.6. The second-order valence-electron chi connectivity index (χ2n) is 5.25. The molecule has 0 atom stereocenters. The van der Waals surface area contributed by atoms with Gasteiger partial charge in [-0.05, 0) is 35.7 Å². The van der Waals surface area contributed by atoms with Crippen LogP contribution in [0.15, 0.2) is 47.4 Å². The van der Waals surface area contributed by atoms with E-state index in [0.717, 1.165) is 23.6 Å². The predicted molar refractivity (Wildman–Crippen MR) is 79.9 cm³/mol. The summed E-state index contributed by atoms with van der Waals surface area (Å²) in [5.41, 5.74) is 5.83. The Morgan fingerprint density at radius 2 is 1.65 bits per heavy atom. The molecule has 2 aromatic rings. The topological polar surface area (TPSA) is 63.4 Å². The lowest BCUT2D eigenvalue weighted by Crippen LogP contribution is -2.42. The number of nitrogens with zero attached hydrogens (tertiary/aromatic N) is 1. The lowest BCUT2D eigenvalue weighted by atomic mass is 10.1. The summed E-state index contributed by atoms with van der Waals surface area (Å²) in [7, 11) is -3.40. The molecule has 4 nitrogen and oxygen atoms in total. The van der Waals surface area contributed by atoms with Gasteiger partial charge in [0.2, 0.25) is 10.0 Å². The summed E-state index contributed by atoms with van der Waals surface area (Å²) < 4.78 is 26.8. The minimum absolute atomic E-state index is 0.123. The second kappa shape index (κ2) is 5.16. The van der Waals surface area contributed by atoms with Crippen LogP contribution >= 0.6 is 0 Å². The third kappa shape index (κ3) is 2.44. The zero-order valence-electron chi connectivity index (χ0n) is 11.2. The Balaban J connectivity index is 1.96. The van der Waals surface area contributed by atoms with E-state index in [1.807, 2.05) is 30.3 Å². The molecule has 20 heavy (non-hydrogen) atoms. The quantitative estimate of drug-likeness (QED) is 0.919. The van der Waals surface area contributed by atoms with Crippen LogP contribution < -0.4 is 5.73 Å². The minimum Gasteiger partial charge on any atom is -0.328 e. The first-order chi connectivity index (χ1) is 9.57. The maximum absolute atomic E-state index is 12.6. The number of hydrogen-bond acceptors (Lipinski definition) is 3. The molecule has 0 radical (unpaired) electrons. The van der Waals surface area contributed by atoms with E-state index < -0.39 is 10.0 Å². The van der Waals surface area contributed by atoms with Crippen LogP contribution in [-0.2, 0) is 10.0 Å². The van der Waals surface area contributed by atoms with E-state index >= 15 is 0 Å². The zero-order chi connectivity index (χ0) is 14.2. The molecule has 1 heterocycles. The van der Waals surface area contributed by atoms with E-state index in [9.17, 15) is 8.42 Å². The van der Waals surface area contributed by atoms with E-state index in [0.29, 0.717) is 18.0 Å². The minimum atomic E-state index is -3.40. The van der Waals surface area contributed by atoms with Crippen molar-refractivity contribution in [3.8, 4) is 0 Å². The maximum Gasteiger partial charge on any atom is 0.243 e. The smallest absolute Gasteiger partial charge is 0.243 e. The van der Waals surface area contributed by atoms with E-state index in [-0.39, 0.29) is 6.04 Å². The lowest BCUT2D eigenvalue weighted by Gasteiger charge is -2.29. The molecule has 1 aliphatic rings. The SMILES string of the molecule is NC1CCN(S(=O)(=O)c2ccc3ccccc3c2)CC1. The number of hydrogen-bond donors (Lipinski definition) is 1. The van der Waals surface area contributed by atoms with Gasteiger partial charge in [0.15, 0.2) is 0 Å². The van der Waals surface area contributed by atoms with Gasteiger partial charge in [-0.15, -0.1) is 0 Å². The molecule has 0 bridgehead atoms. The fraction of sp³-hybridized carbons (Fsp3) is 0.333. The molecule has 1 aliphatic heterocycles. The van der Waals surface area contributed by atoms with Crippen molar-refractivity contribution in [1.82, 2.24) is 4.31 Å². The van der Waals surface area contributed by atoms with E-state index in [1.54, 1.807) is 16.4 Å². The molecule has 0 saturated carbocycles. The van der Waals surface area contributed by atoms with Crippen molar-refractivity contribution in [3.63, 3.8) is 0 Å².